The monoisotopic (exact) mass is 331 g/mol. The number of carbonyl (C=O) groups excluding carboxylic acids is 1. The highest BCUT2D eigenvalue weighted by molar-refractivity contribution is 9.10. The molecule has 0 aliphatic rings. The van der Waals surface area contributed by atoms with E-state index in [2.05, 4.69) is 26.5 Å². The zero-order valence-electron chi connectivity index (χ0n) is 10.8. The molecule has 0 aliphatic heterocycles. The van der Waals surface area contributed by atoms with Crippen LogP contribution in [0.2, 0.25) is 0 Å². The molecule has 1 N–H and O–H groups in total. The number of carbonyl (C=O) groups is 1. The van der Waals surface area contributed by atoms with Crippen molar-refractivity contribution in [3.8, 4) is 0 Å². The molecule has 2 aromatic rings. The van der Waals surface area contributed by atoms with Gasteiger partial charge in [-0.25, -0.2) is 0 Å². The number of benzene rings is 2. The van der Waals surface area contributed by atoms with Crippen molar-refractivity contribution < 1.29 is 9.90 Å². The number of hydrazone groups is 1. The first-order valence-electron chi connectivity index (χ1n) is 5.94. The maximum absolute atomic E-state index is 10.8. The highest BCUT2D eigenvalue weighted by Crippen LogP contribution is 2.17. The third kappa shape index (κ3) is 3.45. The van der Waals surface area contributed by atoms with Crippen LogP contribution in [-0.2, 0) is 0 Å². The summed E-state index contributed by atoms with van der Waals surface area (Å²) in [7, 11) is 0. The van der Waals surface area contributed by atoms with Crippen molar-refractivity contribution in [1.82, 2.24) is 0 Å². The Labute approximate surface area is 125 Å². The van der Waals surface area contributed by atoms with Gasteiger partial charge in [0.25, 0.3) is 0 Å². The van der Waals surface area contributed by atoms with Crippen molar-refractivity contribution in [2.24, 2.45) is 5.10 Å². The summed E-state index contributed by atoms with van der Waals surface area (Å²) in [6, 6.07) is 14.1. The predicted octanol–water partition coefficient (Wildman–Crippen LogP) is 2.65. The lowest BCUT2D eigenvalue weighted by atomic mass is 10.1. The quantitative estimate of drug-likeness (QED) is 0.691. The molecule has 0 aliphatic carbocycles. The Morgan fingerprint density at radius 2 is 1.95 bits per heavy atom. The van der Waals surface area contributed by atoms with E-state index < -0.39 is 5.97 Å². The molecule has 0 aromatic heterocycles. The van der Waals surface area contributed by atoms with E-state index in [1.807, 2.05) is 31.2 Å². The van der Waals surface area contributed by atoms with Gasteiger partial charge in [0.2, 0.25) is 0 Å². The first-order valence-corrected chi connectivity index (χ1v) is 6.74. The Hall–Kier alpha value is -2.14. The van der Waals surface area contributed by atoms with Crippen LogP contribution in [0.1, 0.15) is 22.8 Å². The summed E-state index contributed by atoms with van der Waals surface area (Å²) in [5.41, 5.74) is 5.31. The SMILES string of the molecule is C/C(=N/Nc1cccc(C(=O)[O-])c1)c1ccccc1Br. The second kappa shape index (κ2) is 6.34. The van der Waals surface area contributed by atoms with Crippen LogP contribution in [0.3, 0.4) is 0 Å². The number of rotatable bonds is 4. The zero-order valence-corrected chi connectivity index (χ0v) is 12.3. The number of carboxylic acid groups (broad SMARTS) is 1. The van der Waals surface area contributed by atoms with Gasteiger partial charge in [0.05, 0.1) is 17.4 Å². The molecule has 0 fully saturated rings. The Balaban J connectivity index is 2.19. The fraction of sp³-hybridized carbons (Fsp3) is 0.0667. The summed E-state index contributed by atoms with van der Waals surface area (Å²) in [6.07, 6.45) is 0. The molecule has 102 valence electrons. The third-order valence-electron chi connectivity index (χ3n) is 2.71. The first kappa shape index (κ1) is 14.3. The number of aromatic carboxylic acids is 1. The summed E-state index contributed by atoms with van der Waals surface area (Å²) in [5.74, 6) is -1.21. The van der Waals surface area contributed by atoms with Crippen LogP contribution in [0, 0.1) is 0 Å². The average Bonchev–Trinajstić information content (AvgIpc) is 2.45. The van der Waals surface area contributed by atoms with E-state index in [4.69, 9.17) is 0 Å². The second-order valence-electron chi connectivity index (χ2n) is 4.16. The van der Waals surface area contributed by atoms with Crippen LogP contribution in [-0.4, -0.2) is 11.7 Å². The Morgan fingerprint density at radius 1 is 1.20 bits per heavy atom. The topological polar surface area (TPSA) is 64.5 Å². The van der Waals surface area contributed by atoms with E-state index in [0.29, 0.717) is 5.69 Å². The number of anilines is 1. The van der Waals surface area contributed by atoms with Gasteiger partial charge in [0.15, 0.2) is 0 Å². The van der Waals surface area contributed by atoms with Crippen molar-refractivity contribution in [1.29, 1.82) is 0 Å². The van der Waals surface area contributed by atoms with E-state index >= 15 is 0 Å². The maximum atomic E-state index is 10.8. The lowest BCUT2D eigenvalue weighted by molar-refractivity contribution is -0.255. The molecule has 0 bridgehead atoms. The predicted molar refractivity (Wildman–Crippen MR) is 80.7 cm³/mol. The lowest BCUT2D eigenvalue weighted by Gasteiger charge is -2.07. The van der Waals surface area contributed by atoms with E-state index in [-0.39, 0.29) is 5.56 Å². The number of nitrogens with one attached hydrogen (secondary N) is 1. The van der Waals surface area contributed by atoms with E-state index in [0.717, 1.165) is 15.7 Å². The molecule has 0 atom stereocenters. The summed E-state index contributed by atoms with van der Waals surface area (Å²) < 4.78 is 0.950. The summed E-state index contributed by atoms with van der Waals surface area (Å²) in [5, 5.41) is 15.0. The Kier molecular flexibility index (Phi) is 4.53. The van der Waals surface area contributed by atoms with Crippen molar-refractivity contribution in [2.75, 3.05) is 5.43 Å². The van der Waals surface area contributed by atoms with Crippen LogP contribution < -0.4 is 10.5 Å². The van der Waals surface area contributed by atoms with Crippen molar-refractivity contribution in [3.63, 3.8) is 0 Å². The highest BCUT2D eigenvalue weighted by Gasteiger charge is 2.02. The maximum Gasteiger partial charge on any atom is 0.0716 e. The largest absolute Gasteiger partial charge is 0.545 e. The van der Waals surface area contributed by atoms with Gasteiger partial charge in [-0.1, -0.05) is 46.3 Å². The Bertz CT molecular complexity index is 668. The molecule has 0 saturated carbocycles. The van der Waals surface area contributed by atoms with Crippen LogP contribution in [0.25, 0.3) is 0 Å². The summed E-state index contributed by atoms with van der Waals surface area (Å²) in [4.78, 5) is 10.8. The molecule has 2 aromatic carbocycles. The van der Waals surface area contributed by atoms with Gasteiger partial charge < -0.3 is 9.90 Å². The van der Waals surface area contributed by atoms with Crippen molar-refractivity contribution in [2.45, 2.75) is 6.92 Å². The molecule has 0 spiro atoms. The number of halogens is 1. The van der Waals surface area contributed by atoms with Crippen LogP contribution in [0.15, 0.2) is 58.1 Å². The molecule has 0 amide bonds. The van der Waals surface area contributed by atoms with Gasteiger partial charge in [-0.2, -0.15) is 5.10 Å². The summed E-state index contributed by atoms with van der Waals surface area (Å²) >= 11 is 3.46. The molecular formula is C15H12BrN2O2-. The minimum atomic E-state index is -1.21. The van der Waals surface area contributed by atoms with E-state index in [1.165, 1.54) is 12.1 Å². The minimum Gasteiger partial charge on any atom is -0.545 e. The first-order chi connectivity index (χ1) is 9.58. The molecular weight excluding hydrogens is 320 g/mol. The molecule has 20 heavy (non-hydrogen) atoms. The number of hydrogen-bond acceptors (Lipinski definition) is 4. The van der Waals surface area contributed by atoms with E-state index in [1.54, 1.807) is 12.1 Å². The van der Waals surface area contributed by atoms with Crippen LogP contribution in [0.4, 0.5) is 5.69 Å². The second-order valence-corrected chi connectivity index (χ2v) is 5.01. The van der Waals surface area contributed by atoms with Gasteiger partial charge in [-0.3, -0.25) is 5.43 Å². The molecule has 0 unspecified atom stereocenters. The van der Waals surface area contributed by atoms with Crippen molar-refractivity contribution in [3.05, 3.63) is 64.1 Å². The third-order valence-corrected chi connectivity index (χ3v) is 3.41. The van der Waals surface area contributed by atoms with Gasteiger partial charge in [0, 0.05) is 10.0 Å². The van der Waals surface area contributed by atoms with Gasteiger partial charge in [0.1, 0.15) is 0 Å². The number of carboxylic acids is 1. The number of nitrogens with zero attached hydrogens (tertiary/aromatic N) is 1. The summed E-state index contributed by atoms with van der Waals surface area (Å²) in [6.45, 7) is 1.87. The number of hydrogen-bond donors (Lipinski definition) is 1. The highest BCUT2D eigenvalue weighted by atomic mass is 79.9. The zero-order chi connectivity index (χ0) is 14.5. The fourth-order valence-electron chi connectivity index (χ4n) is 1.68. The molecule has 2 rings (SSSR count). The molecule has 0 radical (unpaired) electrons. The molecule has 0 heterocycles. The average molecular weight is 332 g/mol. The van der Waals surface area contributed by atoms with Crippen molar-refractivity contribution >= 4 is 33.3 Å². The minimum absolute atomic E-state index is 0.115. The van der Waals surface area contributed by atoms with Crippen LogP contribution >= 0.6 is 15.9 Å². The fourth-order valence-corrected chi connectivity index (χ4v) is 2.25. The van der Waals surface area contributed by atoms with Gasteiger partial charge in [-0.15, -0.1) is 0 Å². The van der Waals surface area contributed by atoms with Gasteiger partial charge >= 0.3 is 0 Å². The Morgan fingerprint density at radius 3 is 2.65 bits per heavy atom. The molecule has 4 nitrogen and oxygen atoms in total. The van der Waals surface area contributed by atoms with Crippen LogP contribution in [0.5, 0.6) is 0 Å². The standard InChI is InChI=1S/C15H13BrN2O2/c1-10(13-7-2-3-8-14(13)16)17-18-12-6-4-5-11(9-12)15(19)20/h2-9,18H,1H3,(H,19,20)/p-1/b17-10-. The normalized spacial score (nSPS) is 11.2. The van der Waals surface area contributed by atoms with Gasteiger partial charge in [-0.05, 0) is 30.7 Å². The molecule has 0 saturated heterocycles. The van der Waals surface area contributed by atoms with E-state index in [9.17, 15) is 9.90 Å². The lowest BCUT2D eigenvalue weighted by Crippen LogP contribution is -2.22. The molecule has 5 heteroatoms. The smallest absolute Gasteiger partial charge is 0.0716 e.